The summed E-state index contributed by atoms with van der Waals surface area (Å²) in [5, 5.41) is 3.27. The van der Waals surface area contributed by atoms with Gasteiger partial charge in [0.25, 0.3) is 0 Å². The number of methoxy groups -OCH3 is 1. The lowest BCUT2D eigenvalue weighted by Gasteiger charge is -2.34. The van der Waals surface area contributed by atoms with E-state index in [0.29, 0.717) is 18.5 Å². The summed E-state index contributed by atoms with van der Waals surface area (Å²) in [4.78, 5) is 6.51. The molecule has 1 aromatic rings. The molecular weight excluding hydrogens is 340 g/mol. The number of aliphatic imine (C=N–C) groups is 1. The third kappa shape index (κ3) is 6.88. The van der Waals surface area contributed by atoms with Crippen LogP contribution in [0.15, 0.2) is 23.2 Å². The molecule has 1 heterocycles. The molecule has 0 atom stereocenters. The molecule has 1 aromatic carbocycles. The van der Waals surface area contributed by atoms with Crippen molar-refractivity contribution in [2.75, 3.05) is 47.0 Å². The number of nitrogens with one attached hydrogen (secondary N) is 1. The van der Waals surface area contributed by atoms with Crippen LogP contribution >= 0.6 is 0 Å². The zero-order chi connectivity index (χ0) is 18.8. The van der Waals surface area contributed by atoms with Gasteiger partial charge < -0.3 is 19.7 Å². The fraction of sp³-hybridized carbons (Fsp3) is 0.632. The summed E-state index contributed by atoms with van der Waals surface area (Å²) in [5.74, 6) is -0.270. The van der Waals surface area contributed by atoms with Crippen molar-refractivity contribution in [3.05, 3.63) is 35.4 Å². The number of ether oxygens (including phenoxy) is 2. The van der Waals surface area contributed by atoms with Gasteiger partial charge in [-0.15, -0.1) is 0 Å². The first-order valence-corrected chi connectivity index (χ1v) is 9.13. The second-order valence-electron chi connectivity index (χ2n) is 6.41. The zero-order valence-electron chi connectivity index (χ0n) is 15.6. The Labute approximate surface area is 154 Å². The molecule has 7 heteroatoms. The van der Waals surface area contributed by atoms with E-state index in [1.165, 1.54) is 12.1 Å². The SMILES string of the molecule is CN=C(NCCc1cc(F)cc(F)c1)N1CCC(OCCCOC)CC1. The lowest BCUT2D eigenvalue weighted by Crippen LogP contribution is -2.47. The van der Waals surface area contributed by atoms with E-state index in [1.54, 1.807) is 14.2 Å². The highest BCUT2D eigenvalue weighted by molar-refractivity contribution is 5.79. The van der Waals surface area contributed by atoms with Crippen LogP contribution in [0.3, 0.4) is 0 Å². The van der Waals surface area contributed by atoms with Gasteiger partial charge in [0.2, 0.25) is 0 Å². The van der Waals surface area contributed by atoms with E-state index in [2.05, 4.69) is 15.2 Å². The van der Waals surface area contributed by atoms with Gasteiger partial charge in [0.1, 0.15) is 11.6 Å². The number of likely N-dealkylation sites (tertiary alicyclic amines) is 1. The lowest BCUT2D eigenvalue weighted by molar-refractivity contribution is 0.00992. The monoisotopic (exact) mass is 369 g/mol. The van der Waals surface area contributed by atoms with Crippen molar-refractivity contribution in [1.29, 1.82) is 0 Å². The molecule has 0 spiro atoms. The van der Waals surface area contributed by atoms with E-state index in [9.17, 15) is 8.78 Å². The number of nitrogens with zero attached hydrogens (tertiary/aromatic N) is 2. The Bertz CT molecular complexity index is 556. The van der Waals surface area contributed by atoms with Gasteiger partial charge in [-0.2, -0.15) is 0 Å². The first-order chi connectivity index (χ1) is 12.6. The van der Waals surface area contributed by atoms with Crippen LogP contribution in [0.25, 0.3) is 0 Å². The molecule has 1 aliphatic heterocycles. The summed E-state index contributed by atoms with van der Waals surface area (Å²) in [5.41, 5.74) is 0.633. The van der Waals surface area contributed by atoms with Crippen LogP contribution in [-0.4, -0.2) is 64.0 Å². The maximum Gasteiger partial charge on any atom is 0.193 e. The van der Waals surface area contributed by atoms with Gasteiger partial charge in [-0.05, 0) is 43.4 Å². The Morgan fingerprint density at radius 3 is 2.50 bits per heavy atom. The predicted molar refractivity (Wildman–Crippen MR) is 98.5 cm³/mol. The van der Waals surface area contributed by atoms with Gasteiger partial charge >= 0.3 is 0 Å². The minimum atomic E-state index is -0.544. The van der Waals surface area contributed by atoms with Crippen molar-refractivity contribution in [2.45, 2.75) is 31.8 Å². The number of rotatable bonds is 8. The Morgan fingerprint density at radius 1 is 1.19 bits per heavy atom. The molecule has 0 radical (unpaired) electrons. The molecule has 0 amide bonds. The highest BCUT2D eigenvalue weighted by Gasteiger charge is 2.21. The van der Waals surface area contributed by atoms with Gasteiger partial charge in [-0.3, -0.25) is 4.99 Å². The quantitative estimate of drug-likeness (QED) is 0.435. The maximum absolute atomic E-state index is 13.2. The molecule has 26 heavy (non-hydrogen) atoms. The Morgan fingerprint density at radius 2 is 1.88 bits per heavy atom. The van der Waals surface area contributed by atoms with Crippen LogP contribution in [-0.2, 0) is 15.9 Å². The van der Waals surface area contributed by atoms with Crippen LogP contribution in [0.4, 0.5) is 8.78 Å². The Kier molecular flexibility index (Phi) is 8.77. The first-order valence-electron chi connectivity index (χ1n) is 9.13. The molecule has 1 N–H and O–H groups in total. The Hall–Kier alpha value is -1.73. The third-order valence-corrected chi connectivity index (χ3v) is 4.42. The number of hydrogen-bond acceptors (Lipinski definition) is 3. The molecule has 1 aliphatic rings. The molecule has 2 rings (SSSR count). The van der Waals surface area contributed by atoms with Gasteiger partial charge in [-0.25, -0.2) is 8.78 Å². The predicted octanol–water partition coefficient (Wildman–Crippen LogP) is 2.60. The van der Waals surface area contributed by atoms with Crippen LogP contribution in [0.2, 0.25) is 0 Å². The molecule has 0 unspecified atom stereocenters. The van der Waals surface area contributed by atoms with Crippen molar-refractivity contribution < 1.29 is 18.3 Å². The molecule has 0 saturated carbocycles. The van der Waals surface area contributed by atoms with Crippen LogP contribution < -0.4 is 5.32 Å². The van der Waals surface area contributed by atoms with E-state index < -0.39 is 11.6 Å². The first kappa shape index (κ1) is 20.6. The van der Waals surface area contributed by atoms with Crippen molar-refractivity contribution in [1.82, 2.24) is 10.2 Å². The minimum absolute atomic E-state index is 0.288. The average Bonchev–Trinajstić information content (AvgIpc) is 2.62. The van der Waals surface area contributed by atoms with Gasteiger partial charge in [-0.1, -0.05) is 0 Å². The van der Waals surface area contributed by atoms with Crippen LogP contribution in [0.5, 0.6) is 0 Å². The second-order valence-corrected chi connectivity index (χ2v) is 6.41. The molecule has 1 saturated heterocycles. The molecule has 0 bridgehead atoms. The highest BCUT2D eigenvalue weighted by Crippen LogP contribution is 2.14. The van der Waals surface area contributed by atoms with E-state index >= 15 is 0 Å². The standard InChI is InChI=1S/C19H29F2N3O2/c1-22-19(23-7-4-15-12-16(20)14-17(21)13-15)24-8-5-18(6-9-24)26-11-3-10-25-2/h12-14,18H,3-11H2,1-2H3,(H,22,23). The average molecular weight is 369 g/mol. The normalized spacial score (nSPS) is 16.2. The van der Waals surface area contributed by atoms with Crippen molar-refractivity contribution in [2.24, 2.45) is 4.99 Å². The summed E-state index contributed by atoms with van der Waals surface area (Å²) < 4.78 is 37.3. The molecular formula is C19H29F2N3O2. The summed E-state index contributed by atoms with van der Waals surface area (Å²) >= 11 is 0. The van der Waals surface area contributed by atoms with Crippen molar-refractivity contribution in [3.63, 3.8) is 0 Å². The summed E-state index contributed by atoms with van der Waals surface area (Å²) in [6.07, 6.45) is 3.66. The minimum Gasteiger partial charge on any atom is -0.385 e. The molecule has 5 nitrogen and oxygen atoms in total. The molecule has 0 aromatic heterocycles. The van der Waals surface area contributed by atoms with E-state index in [-0.39, 0.29) is 6.10 Å². The maximum atomic E-state index is 13.2. The molecule has 146 valence electrons. The smallest absolute Gasteiger partial charge is 0.193 e. The highest BCUT2D eigenvalue weighted by atomic mass is 19.1. The summed E-state index contributed by atoms with van der Waals surface area (Å²) in [7, 11) is 3.44. The lowest BCUT2D eigenvalue weighted by atomic mass is 10.1. The second kappa shape index (κ2) is 11.1. The summed E-state index contributed by atoms with van der Waals surface area (Å²) in [6, 6.07) is 3.61. The van der Waals surface area contributed by atoms with Crippen molar-refractivity contribution >= 4 is 5.96 Å². The molecule has 0 aliphatic carbocycles. The number of guanidine groups is 1. The number of halogens is 2. The largest absolute Gasteiger partial charge is 0.385 e. The van der Waals surface area contributed by atoms with Crippen LogP contribution in [0, 0.1) is 11.6 Å². The zero-order valence-corrected chi connectivity index (χ0v) is 15.6. The van der Waals surface area contributed by atoms with E-state index in [4.69, 9.17) is 9.47 Å². The van der Waals surface area contributed by atoms with E-state index in [1.807, 2.05) is 0 Å². The fourth-order valence-corrected chi connectivity index (χ4v) is 3.09. The fourth-order valence-electron chi connectivity index (χ4n) is 3.09. The number of hydrogen-bond donors (Lipinski definition) is 1. The molecule has 1 fully saturated rings. The topological polar surface area (TPSA) is 46.1 Å². The van der Waals surface area contributed by atoms with Gasteiger partial charge in [0, 0.05) is 53.1 Å². The van der Waals surface area contributed by atoms with Gasteiger partial charge in [0.05, 0.1) is 6.10 Å². The van der Waals surface area contributed by atoms with Crippen LogP contribution in [0.1, 0.15) is 24.8 Å². The number of piperidine rings is 1. The van der Waals surface area contributed by atoms with E-state index in [0.717, 1.165) is 57.6 Å². The summed E-state index contributed by atoms with van der Waals surface area (Å²) in [6.45, 7) is 3.79. The third-order valence-electron chi connectivity index (χ3n) is 4.42. The van der Waals surface area contributed by atoms with Crippen molar-refractivity contribution in [3.8, 4) is 0 Å². The Balaban J connectivity index is 1.70. The van der Waals surface area contributed by atoms with Gasteiger partial charge in [0.15, 0.2) is 5.96 Å². The number of benzene rings is 1.